The number of nitrogens with two attached hydrogens (primary N) is 1. The second-order valence-corrected chi connectivity index (χ2v) is 5.00. The first-order valence-corrected chi connectivity index (χ1v) is 6.54. The maximum absolute atomic E-state index is 5.69. The van der Waals surface area contributed by atoms with E-state index in [-0.39, 0.29) is 5.95 Å². The molecule has 0 aromatic carbocycles. The molecule has 0 unspecified atom stereocenters. The van der Waals surface area contributed by atoms with Crippen LogP contribution in [0.5, 0.6) is 6.01 Å². The van der Waals surface area contributed by atoms with Crippen LogP contribution < -0.4 is 15.4 Å². The number of anilines is 2. The number of ether oxygens (including phenoxy) is 1. The third-order valence-corrected chi connectivity index (χ3v) is 2.94. The number of aromatic nitrogens is 3. The minimum Gasteiger partial charge on any atom is -0.463 e. The summed E-state index contributed by atoms with van der Waals surface area (Å²) in [6.45, 7) is 6.88. The van der Waals surface area contributed by atoms with Crippen LogP contribution in [0.3, 0.4) is 0 Å². The van der Waals surface area contributed by atoms with E-state index < -0.39 is 0 Å². The third kappa shape index (κ3) is 3.45. The largest absolute Gasteiger partial charge is 0.463 e. The van der Waals surface area contributed by atoms with E-state index in [4.69, 9.17) is 10.5 Å². The SMILES string of the molecule is CC(C)CCOc1nc(N)nc(N2CCCC2)n1. The Morgan fingerprint density at radius 2 is 1.94 bits per heavy atom. The van der Waals surface area contributed by atoms with Crippen molar-refractivity contribution in [1.29, 1.82) is 0 Å². The van der Waals surface area contributed by atoms with Crippen LogP contribution in [0.4, 0.5) is 11.9 Å². The molecule has 0 radical (unpaired) electrons. The van der Waals surface area contributed by atoms with Crippen LogP contribution in [-0.2, 0) is 0 Å². The first-order chi connectivity index (χ1) is 8.65. The zero-order chi connectivity index (χ0) is 13.0. The summed E-state index contributed by atoms with van der Waals surface area (Å²) in [5.41, 5.74) is 5.69. The highest BCUT2D eigenvalue weighted by molar-refractivity contribution is 5.36. The predicted molar refractivity (Wildman–Crippen MR) is 70.6 cm³/mol. The van der Waals surface area contributed by atoms with Crippen LogP contribution in [0.2, 0.25) is 0 Å². The van der Waals surface area contributed by atoms with E-state index in [1.165, 1.54) is 12.8 Å². The van der Waals surface area contributed by atoms with Crippen molar-refractivity contribution in [2.24, 2.45) is 5.92 Å². The third-order valence-electron chi connectivity index (χ3n) is 2.94. The Morgan fingerprint density at radius 1 is 1.22 bits per heavy atom. The van der Waals surface area contributed by atoms with E-state index in [0.29, 0.717) is 24.5 Å². The van der Waals surface area contributed by atoms with Crippen molar-refractivity contribution in [3.63, 3.8) is 0 Å². The molecule has 100 valence electrons. The van der Waals surface area contributed by atoms with Gasteiger partial charge in [0, 0.05) is 13.1 Å². The summed E-state index contributed by atoms with van der Waals surface area (Å²) in [5.74, 6) is 1.47. The molecule has 0 bridgehead atoms. The molecule has 2 rings (SSSR count). The number of rotatable bonds is 5. The summed E-state index contributed by atoms with van der Waals surface area (Å²) in [4.78, 5) is 14.6. The van der Waals surface area contributed by atoms with E-state index in [2.05, 4.69) is 33.7 Å². The molecule has 1 aliphatic rings. The molecular weight excluding hydrogens is 230 g/mol. The molecule has 0 amide bonds. The summed E-state index contributed by atoms with van der Waals surface area (Å²) in [5, 5.41) is 0. The molecule has 0 spiro atoms. The van der Waals surface area contributed by atoms with Crippen molar-refractivity contribution >= 4 is 11.9 Å². The fourth-order valence-electron chi connectivity index (χ4n) is 1.87. The molecular formula is C12H21N5O. The zero-order valence-electron chi connectivity index (χ0n) is 11.1. The molecule has 1 saturated heterocycles. The molecule has 6 heteroatoms. The first kappa shape index (κ1) is 12.9. The van der Waals surface area contributed by atoms with Gasteiger partial charge in [0.2, 0.25) is 11.9 Å². The van der Waals surface area contributed by atoms with Gasteiger partial charge in [-0.2, -0.15) is 15.0 Å². The lowest BCUT2D eigenvalue weighted by Crippen LogP contribution is -2.21. The Kier molecular flexibility index (Phi) is 4.17. The molecule has 2 N–H and O–H groups in total. The van der Waals surface area contributed by atoms with Crippen molar-refractivity contribution in [2.75, 3.05) is 30.3 Å². The topological polar surface area (TPSA) is 77.2 Å². The van der Waals surface area contributed by atoms with Crippen LogP contribution >= 0.6 is 0 Å². The van der Waals surface area contributed by atoms with Crippen molar-refractivity contribution in [3.05, 3.63) is 0 Å². The lowest BCUT2D eigenvalue weighted by Gasteiger charge is -2.15. The summed E-state index contributed by atoms with van der Waals surface area (Å²) in [6, 6.07) is 0.338. The van der Waals surface area contributed by atoms with Crippen molar-refractivity contribution < 1.29 is 4.74 Å². The molecule has 0 saturated carbocycles. The van der Waals surface area contributed by atoms with E-state index in [0.717, 1.165) is 19.5 Å². The van der Waals surface area contributed by atoms with Gasteiger partial charge in [0.15, 0.2) is 0 Å². The Morgan fingerprint density at radius 3 is 2.61 bits per heavy atom. The molecule has 0 atom stereocenters. The highest BCUT2D eigenvalue weighted by Gasteiger charge is 2.17. The Labute approximate surface area is 108 Å². The predicted octanol–water partition coefficient (Wildman–Crippen LogP) is 1.48. The molecule has 1 aromatic heterocycles. The van der Waals surface area contributed by atoms with Gasteiger partial charge in [-0.1, -0.05) is 13.8 Å². The van der Waals surface area contributed by atoms with Gasteiger partial charge < -0.3 is 15.4 Å². The first-order valence-electron chi connectivity index (χ1n) is 6.54. The smallest absolute Gasteiger partial charge is 0.323 e. The van der Waals surface area contributed by atoms with Gasteiger partial charge in [-0.15, -0.1) is 0 Å². The van der Waals surface area contributed by atoms with E-state index in [9.17, 15) is 0 Å². The second-order valence-electron chi connectivity index (χ2n) is 5.00. The molecule has 6 nitrogen and oxygen atoms in total. The maximum atomic E-state index is 5.69. The molecule has 18 heavy (non-hydrogen) atoms. The van der Waals surface area contributed by atoms with Gasteiger partial charge in [-0.25, -0.2) is 0 Å². The fraction of sp³-hybridized carbons (Fsp3) is 0.750. The average Bonchev–Trinajstić information content (AvgIpc) is 2.81. The van der Waals surface area contributed by atoms with Crippen LogP contribution in [0.15, 0.2) is 0 Å². The summed E-state index contributed by atoms with van der Waals surface area (Å²) in [6.07, 6.45) is 3.33. The zero-order valence-corrected chi connectivity index (χ0v) is 11.1. The second kappa shape index (κ2) is 5.84. The molecule has 0 aliphatic carbocycles. The van der Waals surface area contributed by atoms with E-state index >= 15 is 0 Å². The average molecular weight is 251 g/mol. The van der Waals surface area contributed by atoms with Gasteiger partial charge in [-0.3, -0.25) is 0 Å². The number of nitrogen functional groups attached to an aromatic ring is 1. The number of hydrogen-bond donors (Lipinski definition) is 1. The normalized spacial score (nSPS) is 15.4. The minimum absolute atomic E-state index is 0.228. The Hall–Kier alpha value is -1.59. The molecule has 1 fully saturated rings. The quantitative estimate of drug-likeness (QED) is 0.854. The summed E-state index contributed by atoms with van der Waals surface area (Å²) < 4.78 is 5.53. The van der Waals surface area contributed by atoms with E-state index in [1.807, 2.05) is 0 Å². The Balaban J connectivity index is 2.01. The van der Waals surface area contributed by atoms with Gasteiger partial charge in [-0.05, 0) is 25.2 Å². The highest BCUT2D eigenvalue weighted by Crippen LogP contribution is 2.18. The highest BCUT2D eigenvalue weighted by atomic mass is 16.5. The molecule has 1 aliphatic heterocycles. The fourth-order valence-corrected chi connectivity index (χ4v) is 1.87. The maximum Gasteiger partial charge on any atom is 0.323 e. The van der Waals surface area contributed by atoms with Crippen LogP contribution in [-0.4, -0.2) is 34.6 Å². The van der Waals surface area contributed by atoms with Gasteiger partial charge in [0.05, 0.1) is 6.61 Å². The summed E-state index contributed by atoms with van der Waals surface area (Å²) >= 11 is 0. The summed E-state index contributed by atoms with van der Waals surface area (Å²) in [7, 11) is 0. The lowest BCUT2D eigenvalue weighted by atomic mass is 10.1. The lowest BCUT2D eigenvalue weighted by molar-refractivity contribution is 0.268. The van der Waals surface area contributed by atoms with Crippen molar-refractivity contribution in [3.8, 4) is 6.01 Å². The van der Waals surface area contributed by atoms with E-state index in [1.54, 1.807) is 0 Å². The molecule has 2 heterocycles. The van der Waals surface area contributed by atoms with Gasteiger partial charge >= 0.3 is 6.01 Å². The van der Waals surface area contributed by atoms with Gasteiger partial charge in [0.25, 0.3) is 0 Å². The van der Waals surface area contributed by atoms with Crippen LogP contribution in [0.25, 0.3) is 0 Å². The van der Waals surface area contributed by atoms with Crippen LogP contribution in [0, 0.1) is 5.92 Å². The molecule has 1 aromatic rings. The van der Waals surface area contributed by atoms with Crippen molar-refractivity contribution in [1.82, 2.24) is 15.0 Å². The Bertz CT molecular complexity index is 390. The minimum atomic E-state index is 0.228. The van der Waals surface area contributed by atoms with Crippen LogP contribution in [0.1, 0.15) is 33.1 Å². The number of nitrogens with zero attached hydrogens (tertiary/aromatic N) is 4. The van der Waals surface area contributed by atoms with Crippen molar-refractivity contribution in [2.45, 2.75) is 33.1 Å². The van der Waals surface area contributed by atoms with Gasteiger partial charge in [0.1, 0.15) is 0 Å². The standard InChI is InChI=1S/C12H21N5O/c1-9(2)5-8-18-12-15-10(13)14-11(16-12)17-6-3-4-7-17/h9H,3-8H2,1-2H3,(H2,13,14,15,16). The monoisotopic (exact) mass is 251 g/mol. The number of hydrogen-bond acceptors (Lipinski definition) is 6.